The number of hydrogen-bond donors (Lipinski definition) is 3. The highest BCUT2D eigenvalue weighted by Crippen LogP contribution is 2.10. The number of nitrogens with zero attached hydrogens (tertiary/aromatic N) is 2. The van der Waals surface area contributed by atoms with Gasteiger partial charge in [-0.15, -0.1) is 0 Å². The molecule has 0 spiro atoms. The van der Waals surface area contributed by atoms with Gasteiger partial charge in [0.15, 0.2) is 0 Å². The van der Waals surface area contributed by atoms with Crippen molar-refractivity contribution in [3.63, 3.8) is 0 Å². The third-order valence-electron chi connectivity index (χ3n) is 2.19. The van der Waals surface area contributed by atoms with Crippen LogP contribution in [0.1, 0.15) is 12.6 Å². The molecule has 1 atom stereocenters. The summed E-state index contributed by atoms with van der Waals surface area (Å²) in [7, 11) is 1.78. The van der Waals surface area contributed by atoms with E-state index in [1.807, 2.05) is 6.92 Å². The van der Waals surface area contributed by atoms with Gasteiger partial charge in [-0.1, -0.05) is 0 Å². The average molecular weight is 240 g/mol. The molecule has 0 saturated carbocycles. The number of aromatic nitrogens is 2. The van der Waals surface area contributed by atoms with E-state index in [1.54, 1.807) is 17.9 Å². The first-order valence-electron chi connectivity index (χ1n) is 5.14. The Labute approximate surface area is 98.8 Å². The Balaban J connectivity index is 2.60. The standard InChI is InChI=1S/C10H16N4O3/c1-6-9(5-14(3)13-6)11-4-8(10(16)17)12-7(2)15/h5,8,11H,4H2,1-3H3,(H,12,15)(H,16,17). The number of hydrogen-bond acceptors (Lipinski definition) is 4. The Morgan fingerprint density at radius 2 is 2.24 bits per heavy atom. The summed E-state index contributed by atoms with van der Waals surface area (Å²) in [6.45, 7) is 3.21. The summed E-state index contributed by atoms with van der Waals surface area (Å²) in [6, 6.07) is -0.952. The molecule has 0 bridgehead atoms. The van der Waals surface area contributed by atoms with Gasteiger partial charge >= 0.3 is 5.97 Å². The minimum Gasteiger partial charge on any atom is -0.480 e. The number of aryl methyl sites for hydroxylation is 2. The molecule has 1 aromatic rings. The SMILES string of the molecule is CC(=O)NC(CNc1cn(C)nc1C)C(=O)O. The van der Waals surface area contributed by atoms with Crippen LogP contribution >= 0.6 is 0 Å². The van der Waals surface area contributed by atoms with Gasteiger partial charge in [-0.25, -0.2) is 4.79 Å². The predicted octanol–water partition coefficient (Wildman–Crippen LogP) is -0.270. The van der Waals surface area contributed by atoms with Crippen LogP contribution in [-0.4, -0.2) is 39.4 Å². The smallest absolute Gasteiger partial charge is 0.328 e. The Kier molecular flexibility index (Phi) is 4.08. The van der Waals surface area contributed by atoms with Crippen molar-refractivity contribution in [1.82, 2.24) is 15.1 Å². The Morgan fingerprint density at radius 1 is 1.59 bits per heavy atom. The number of carbonyl (C=O) groups excluding carboxylic acids is 1. The molecule has 1 unspecified atom stereocenters. The first kappa shape index (κ1) is 13.0. The number of aliphatic carboxylic acids is 1. The van der Waals surface area contributed by atoms with E-state index in [-0.39, 0.29) is 12.5 Å². The lowest BCUT2D eigenvalue weighted by Gasteiger charge is -2.14. The van der Waals surface area contributed by atoms with Gasteiger partial charge in [0, 0.05) is 26.7 Å². The zero-order valence-corrected chi connectivity index (χ0v) is 10.0. The van der Waals surface area contributed by atoms with Crippen molar-refractivity contribution in [2.45, 2.75) is 19.9 Å². The third kappa shape index (κ3) is 3.78. The normalized spacial score (nSPS) is 11.9. The van der Waals surface area contributed by atoms with Crippen molar-refractivity contribution in [2.24, 2.45) is 7.05 Å². The molecule has 0 radical (unpaired) electrons. The lowest BCUT2D eigenvalue weighted by Crippen LogP contribution is -2.44. The molecule has 3 N–H and O–H groups in total. The number of carboxylic acids is 1. The monoisotopic (exact) mass is 240 g/mol. The van der Waals surface area contributed by atoms with Gasteiger partial charge < -0.3 is 15.7 Å². The maximum Gasteiger partial charge on any atom is 0.328 e. The number of carboxylic acid groups (broad SMARTS) is 1. The molecule has 1 rings (SSSR count). The van der Waals surface area contributed by atoms with Crippen molar-refractivity contribution in [2.75, 3.05) is 11.9 Å². The molecule has 1 heterocycles. The van der Waals surface area contributed by atoms with E-state index >= 15 is 0 Å². The molecular formula is C10H16N4O3. The number of nitrogens with one attached hydrogen (secondary N) is 2. The maximum absolute atomic E-state index is 10.9. The fraction of sp³-hybridized carbons (Fsp3) is 0.500. The van der Waals surface area contributed by atoms with Crippen molar-refractivity contribution < 1.29 is 14.7 Å². The van der Waals surface area contributed by atoms with Gasteiger partial charge in [-0.05, 0) is 6.92 Å². The maximum atomic E-state index is 10.9. The Bertz CT molecular complexity index is 427. The summed E-state index contributed by atoms with van der Waals surface area (Å²) in [6.07, 6.45) is 1.75. The lowest BCUT2D eigenvalue weighted by molar-refractivity contribution is -0.141. The van der Waals surface area contributed by atoms with Gasteiger partial charge in [0.05, 0.1) is 11.4 Å². The van der Waals surface area contributed by atoms with Crippen LogP contribution in [0.15, 0.2) is 6.20 Å². The number of rotatable bonds is 5. The summed E-state index contributed by atoms with van der Waals surface area (Å²) >= 11 is 0. The molecule has 0 aliphatic carbocycles. The largest absolute Gasteiger partial charge is 0.480 e. The van der Waals surface area contributed by atoms with Crippen LogP contribution in [0.25, 0.3) is 0 Å². The summed E-state index contributed by atoms with van der Waals surface area (Å²) in [4.78, 5) is 21.7. The molecule has 7 heteroatoms. The molecule has 17 heavy (non-hydrogen) atoms. The second kappa shape index (κ2) is 5.33. The minimum atomic E-state index is -1.07. The molecular weight excluding hydrogens is 224 g/mol. The van der Waals surface area contributed by atoms with Gasteiger partial charge in [0.25, 0.3) is 0 Å². The first-order chi connectivity index (χ1) is 7.90. The summed E-state index contributed by atoms with van der Waals surface area (Å²) in [5.74, 6) is -1.45. The molecule has 1 aromatic heterocycles. The minimum absolute atomic E-state index is 0.113. The molecule has 0 aliphatic heterocycles. The fourth-order valence-electron chi connectivity index (χ4n) is 1.43. The fourth-order valence-corrected chi connectivity index (χ4v) is 1.43. The van der Waals surface area contributed by atoms with Crippen LogP contribution in [-0.2, 0) is 16.6 Å². The molecule has 0 saturated heterocycles. The van der Waals surface area contributed by atoms with Gasteiger partial charge in [-0.2, -0.15) is 5.10 Å². The van der Waals surface area contributed by atoms with E-state index in [4.69, 9.17) is 5.11 Å². The predicted molar refractivity (Wildman–Crippen MR) is 61.7 cm³/mol. The van der Waals surface area contributed by atoms with Crippen LogP contribution in [0.3, 0.4) is 0 Å². The Hall–Kier alpha value is -2.05. The lowest BCUT2D eigenvalue weighted by atomic mass is 10.2. The van der Waals surface area contributed by atoms with Gasteiger partial charge in [0.1, 0.15) is 6.04 Å². The summed E-state index contributed by atoms with van der Waals surface area (Å²) in [5.41, 5.74) is 1.53. The van der Waals surface area contributed by atoms with Crippen molar-refractivity contribution >= 4 is 17.6 Å². The van der Waals surface area contributed by atoms with Crippen LogP contribution in [0.2, 0.25) is 0 Å². The van der Waals surface area contributed by atoms with E-state index in [9.17, 15) is 9.59 Å². The number of carbonyl (C=O) groups is 2. The van der Waals surface area contributed by atoms with Gasteiger partial charge in [-0.3, -0.25) is 9.48 Å². The quantitative estimate of drug-likeness (QED) is 0.658. The van der Waals surface area contributed by atoms with E-state index in [0.29, 0.717) is 0 Å². The topological polar surface area (TPSA) is 96.3 Å². The van der Waals surface area contributed by atoms with E-state index in [0.717, 1.165) is 11.4 Å². The van der Waals surface area contributed by atoms with Gasteiger partial charge in [0.2, 0.25) is 5.91 Å². The second-order valence-corrected chi connectivity index (χ2v) is 3.77. The third-order valence-corrected chi connectivity index (χ3v) is 2.19. The molecule has 94 valence electrons. The van der Waals surface area contributed by atoms with Crippen molar-refractivity contribution in [3.8, 4) is 0 Å². The Morgan fingerprint density at radius 3 is 2.65 bits per heavy atom. The average Bonchev–Trinajstić information content (AvgIpc) is 2.51. The van der Waals surface area contributed by atoms with Crippen LogP contribution in [0.4, 0.5) is 5.69 Å². The second-order valence-electron chi connectivity index (χ2n) is 3.77. The van der Waals surface area contributed by atoms with E-state index in [2.05, 4.69) is 15.7 Å². The van der Waals surface area contributed by atoms with Crippen LogP contribution < -0.4 is 10.6 Å². The molecule has 0 aromatic carbocycles. The summed E-state index contributed by atoms with van der Waals surface area (Å²) in [5, 5.41) is 18.3. The van der Waals surface area contributed by atoms with E-state index < -0.39 is 12.0 Å². The van der Waals surface area contributed by atoms with Crippen molar-refractivity contribution in [3.05, 3.63) is 11.9 Å². The molecule has 1 amide bonds. The van der Waals surface area contributed by atoms with Crippen molar-refractivity contribution in [1.29, 1.82) is 0 Å². The highest BCUT2D eigenvalue weighted by Gasteiger charge is 2.18. The number of anilines is 1. The highest BCUT2D eigenvalue weighted by atomic mass is 16.4. The van der Waals surface area contributed by atoms with Crippen LogP contribution in [0, 0.1) is 6.92 Å². The molecule has 7 nitrogen and oxygen atoms in total. The molecule has 0 aliphatic rings. The zero-order chi connectivity index (χ0) is 13.0. The van der Waals surface area contributed by atoms with E-state index in [1.165, 1.54) is 6.92 Å². The zero-order valence-electron chi connectivity index (χ0n) is 10.0. The van der Waals surface area contributed by atoms with Crippen LogP contribution in [0.5, 0.6) is 0 Å². The highest BCUT2D eigenvalue weighted by molar-refractivity contribution is 5.82. The summed E-state index contributed by atoms with van der Waals surface area (Å²) < 4.78 is 1.63. The number of amides is 1. The molecule has 0 fully saturated rings. The first-order valence-corrected chi connectivity index (χ1v) is 5.14.